The van der Waals surface area contributed by atoms with Crippen LogP contribution in [0.25, 0.3) is 0 Å². The van der Waals surface area contributed by atoms with Gasteiger partial charge in [-0.2, -0.15) is 0 Å². The Morgan fingerprint density at radius 1 is 1.17 bits per heavy atom. The molecule has 2 atom stereocenters. The Balaban J connectivity index is 4.66. The molecule has 0 fully saturated rings. The number of unbranched alkanes of at least 4 members (excludes halogenated alkanes) is 2. The number of carboxylic acids is 1. The molecule has 7 nitrogen and oxygen atoms in total. The van der Waals surface area contributed by atoms with Gasteiger partial charge in [0, 0.05) is 7.05 Å². The van der Waals surface area contributed by atoms with E-state index in [9.17, 15) is 14.4 Å². The first kappa shape index (κ1) is 21.2. The molecule has 1 N–H and O–H groups in total. The van der Waals surface area contributed by atoms with Gasteiger partial charge >= 0.3 is 18.0 Å². The average molecular weight is 331 g/mol. The zero-order valence-corrected chi connectivity index (χ0v) is 14.9. The van der Waals surface area contributed by atoms with Crippen molar-refractivity contribution < 1.29 is 29.0 Å². The molecule has 134 valence electrons. The molecule has 0 bridgehead atoms. The minimum absolute atomic E-state index is 0.262. The maximum absolute atomic E-state index is 12.1. The molecular weight excluding hydrogens is 302 g/mol. The fraction of sp³-hybridized carbons (Fsp3) is 0.812. The third-order valence-corrected chi connectivity index (χ3v) is 3.21. The Kier molecular flexibility index (Phi) is 8.64. The topological polar surface area (TPSA) is 93.1 Å². The van der Waals surface area contributed by atoms with Crippen LogP contribution in [0.5, 0.6) is 0 Å². The standard InChI is InChI=1S/C16H29NO6/c1-7-8-9-10-12(13(18)19)22-14(20)11(2)17(6)15(21)23-16(3,4)5/h11-12H,7-10H2,1-6H3,(H,18,19)/t11-,12+/m0/s1. The van der Waals surface area contributed by atoms with Crippen LogP contribution >= 0.6 is 0 Å². The first-order chi connectivity index (χ1) is 10.5. The second-order valence-electron chi connectivity index (χ2n) is 6.53. The lowest BCUT2D eigenvalue weighted by atomic mass is 10.1. The Bertz CT molecular complexity index is 415. The summed E-state index contributed by atoms with van der Waals surface area (Å²) < 4.78 is 10.2. The molecule has 0 aromatic rings. The molecule has 0 aromatic heterocycles. The third kappa shape index (κ3) is 8.42. The molecule has 0 aromatic carbocycles. The zero-order chi connectivity index (χ0) is 18.2. The minimum atomic E-state index is -1.19. The molecule has 7 heteroatoms. The van der Waals surface area contributed by atoms with Crippen LogP contribution in [0.3, 0.4) is 0 Å². The zero-order valence-electron chi connectivity index (χ0n) is 14.9. The summed E-state index contributed by atoms with van der Waals surface area (Å²) in [5.41, 5.74) is -0.682. The highest BCUT2D eigenvalue weighted by atomic mass is 16.6. The number of hydrogen-bond donors (Lipinski definition) is 1. The largest absolute Gasteiger partial charge is 0.479 e. The SMILES string of the molecule is CCCCC[C@@H](OC(=O)[C@H](C)N(C)C(=O)OC(C)(C)C)C(=O)O. The quantitative estimate of drug-likeness (QED) is 0.543. The molecule has 0 saturated carbocycles. The highest BCUT2D eigenvalue weighted by Crippen LogP contribution is 2.13. The summed E-state index contributed by atoms with van der Waals surface area (Å²) in [5, 5.41) is 9.12. The van der Waals surface area contributed by atoms with E-state index in [0.717, 1.165) is 17.7 Å². The van der Waals surface area contributed by atoms with Crippen LogP contribution in [-0.4, -0.2) is 52.8 Å². The number of carboxylic acid groups (broad SMARTS) is 1. The molecular formula is C16H29NO6. The van der Waals surface area contributed by atoms with Crippen molar-refractivity contribution in [1.82, 2.24) is 4.90 Å². The number of aliphatic carboxylic acids is 1. The summed E-state index contributed by atoms with van der Waals surface area (Å²) in [5.74, 6) is -1.94. The van der Waals surface area contributed by atoms with Gasteiger partial charge in [-0.1, -0.05) is 19.8 Å². The number of likely N-dealkylation sites (N-methyl/N-ethyl adjacent to an activating group) is 1. The van der Waals surface area contributed by atoms with E-state index in [1.165, 1.54) is 14.0 Å². The lowest BCUT2D eigenvalue weighted by Gasteiger charge is -2.28. The first-order valence-corrected chi connectivity index (χ1v) is 7.88. The lowest BCUT2D eigenvalue weighted by Crippen LogP contribution is -2.45. The van der Waals surface area contributed by atoms with Crippen LogP contribution in [0.2, 0.25) is 0 Å². The van der Waals surface area contributed by atoms with Crippen LogP contribution < -0.4 is 0 Å². The maximum Gasteiger partial charge on any atom is 0.410 e. The van der Waals surface area contributed by atoms with Gasteiger partial charge in [-0.05, 0) is 40.5 Å². The fourth-order valence-corrected chi connectivity index (χ4v) is 1.70. The van der Waals surface area contributed by atoms with E-state index >= 15 is 0 Å². The van der Waals surface area contributed by atoms with Crippen molar-refractivity contribution in [3.8, 4) is 0 Å². The number of esters is 1. The second-order valence-corrected chi connectivity index (χ2v) is 6.53. The van der Waals surface area contributed by atoms with Crippen LogP contribution in [0, 0.1) is 0 Å². The van der Waals surface area contributed by atoms with Crippen molar-refractivity contribution in [3.05, 3.63) is 0 Å². The maximum atomic E-state index is 12.1. The first-order valence-electron chi connectivity index (χ1n) is 7.88. The predicted octanol–water partition coefficient (Wildman–Crippen LogP) is 2.82. The Labute approximate surface area is 137 Å². The number of carbonyl (C=O) groups excluding carboxylic acids is 2. The average Bonchev–Trinajstić information content (AvgIpc) is 2.42. The summed E-state index contributed by atoms with van der Waals surface area (Å²) in [4.78, 5) is 36.2. The number of rotatable bonds is 8. The monoisotopic (exact) mass is 331 g/mol. The number of amides is 1. The van der Waals surface area contributed by atoms with E-state index in [4.69, 9.17) is 14.6 Å². The number of hydrogen-bond acceptors (Lipinski definition) is 5. The van der Waals surface area contributed by atoms with E-state index in [1.807, 2.05) is 6.92 Å². The molecule has 0 aliphatic carbocycles. The summed E-state index contributed by atoms with van der Waals surface area (Å²) in [6.07, 6.45) is 0.880. The molecule has 0 rings (SSSR count). The Hall–Kier alpha value is -1.79. The van der Waals surface area contributed by atoms with Crippen molar-refractivity contribution in [2.24, 2.45) is 0 Å². The molecule has 0 unspecified atom stereocenters. The van der Waals surface area contributed by atoms with Gasteiger partial charge in [-0.15, -0.1) is 0 Å². The van der Waals surface area contributed by atoms with Crippen molar-refractivity contribution in [3.63, 3.8) is 0 Å². The lowest BCUT2D eigenvalue weighted by molar-refractivity contribution is -0.167. The van der Waals surface area contributed by atoms with Gasteiger partial charge in [0.2, 0.25) is 0 Å². The van der Waals surface area contributed by atoms with Gasteiger partial charge in [0.15, 0.2) is 6.10 Å². The normalized spacial score (nSPS) is 13.8. The van der Waals surface area contributed by atoms with E-state index < -0.39 is 35.8 Å². The molecule has 0 radical (unpaired) electrons. The van der Waals surface area contributed by atoms with Gasteiger partial charge in [-0.25, -0.2) is 14.4 Å². The molecule has 0 aliphatic heterocycles. The van der Waals surface area contributed by atoms with E-state index in [-0.39, 0.29) is 6.42 Å². The third-order valence-electron chi connectivity index (χ3n) is 3.21. The summed E-state index contributed by atoms with van der Waals surface area (Å²) in [6.45, 7) is 8.62. The van der Waals surface area contributed by atoms with E-state index in [0.29, 0.717) is 6.42 Å². The van der Waals surface area contributed by atoms with Gasteiger partial charge < -0.3 is 14.6 Å². The highest BCUT2D eigenvalue weighted by Gasteiger charge is 2.31. The molecule has 0 heterocycles. The summed E-state index contributed by atoms with van der Waals surface area (Å²) in [7, 11) is 1.41. The minimum Gasteiger partial charge on any atom is -0.479 e. The van der Waals surface area contributed by atoms with Gasteiger partial charge in [0.1, 0.15) is 11.6 Å². The molecule has 23 heavy (non-hydrogen) atoms. The molecule has 1 amide bonds. The van der Waals surface area contributed by atoms with Crippen molar-refractivity contribution in [2.75, 3.05) is 7.05 Å². The van der Waals surface area contributed by atoms with Gasteiger partial charge in [0.05, 0.1) is 0 Å². The second kappa shape index (κ2) is 9.37. The van der Waals surface area contributed by atoms with E-state index in [1.54, 1.807) is 20.8 Å². The van der Waals surface area contributed by atoms with Gasteiger partial charge in [-0.3, -0.25) is 4.90 Å². The van der Waals surface area contributed by atoms with E-state index in [2.05, 4.69) is 0 Å². The summed E-state index contributed by atoms with van der Waals surface area (Å²) >= 11 is 0. The Morgan fingerprint density at radius 3 is 2.17 bits per heavy atom. The molecule has 0 saturated heterocycles. The van der Waals surface area contributed by atoms with Crippen LogP contribution in [-0.2, 0) is 19.1 Å². The van der Waals surface area contributed by atoms with Crippen LogP contribution in [0.4, 0.5) is 4.79 Å². The van der Waals surface area contributed by atoms with Gasteiger partial charge in [0.25, 0.3) is 0 Å². The molecule has 0 spiro atoms. The van der Waals surface area contributed by atoms with Crippen LogP contribution in [0.1, 0.15) is 60.3 Å². The number of ether oxygens (including phenoxy) is 2. The Morgan fingerprint density at radius 2 is 1.74 bits per heavy atom. The number of nitrogens with zero attached hydrogens (tertiary/aromatic N) is 1. The smallest absolute Gasteiger partial charge is 0.410 e. The highest BCUT2D eigenvalue weighted by molar-refractivity contribution is 5.83. The fourth-order valence-electron chi connectivity index (χ4n) is 1.70. The summed E-state index contributed by atoms with van der Waals surface area (Å²) in [6, 6.07) is -0.933. The van der Waals surface area contributed by atoms with Crippen molar-refractivity contribution >= 4 is 18.0 Å². The molecule has 0 aliphatic rings. The number of carbonyl (C=O) groups is 3. The van der Waals surface area contributed by atoms with Crippen molar-refractivity contribution in [2.45, 2.75) is 78.0 Å². The van der Waals surface area contributed by atoms with Crippen molar-refractivity contribution in [1.29, 1.82) is 0 Å². The van der Waals surface area contributed by atoms with Crippen LogP contribution in [0.15, 0.2) is 0 Å². The predicted molar refractivity (Wildman–Crippen MR) is 85.1 cm³/mol.